The molecule has 1 fully saturated rings. The monoisotopic (exact) mass is 597 g/mol. The lowest BCUT2D eigenvalue weighted by Gasteiger charge is -2.19. The maximum atomic E-state index is 12.4. The number of carbonyl (C=O) groups is 1. The number of hydrogen-bond acceptors (Lipinski definition) is 2. The molecule has 0 spiro atoms. The van der Waals surface area contributed by atoms with E-state index in [1.54, 1.807) is 0 Å². The number of amides is 1. The molecule has 19 heavy (non-hydrogen) atoms. The summed E-state index contributed by atoms with van der Waals surface area (Å²) in [5.41, 5.74) is 0.737. The van der Waals surface area contributed by atoms with Crippen LogP contribution in [-0.4, -0.2) is 23.7 Å². The summed E-state index contributed by atoms with van der Waals surface area (Å²) in [6, 6.07) is 4.10. The Balaban J connectivity index is 2.16. The van der Waals surface area contributed by atoms with Crippen molar-refractivity contribution in [1.29, 1.82) is 0 Å². The van der Waals surface area contributed by atoms with Gasteiger partial charge >= 0.3 is 0 Å². The molecule has 2 rings (SSSR count). The van der Waals surface area contributed by atoms with E-state index in [1.807, 2.05) is 6.07 Å². The summed E-state index contributed by atoms with van der Waals surface area (Å²) in [5.74, 6) is 0.189. The van der Waals surface area contributed by atoms with Crippen LogP contribution in [-0.2, 0) is 0 Å². The van der Waals surface area contributed by atoms with Gasteiger partial charge in [-0.05, 0) is 92.7 Å². The molecular weight excluding hydrogens is 583 g/mol. The van der Waals surface area contributed by atoms with Gasteiger partial charge in [0.2, 0.25) is 0 Å². The number of carbonyl (C=O) groups excluding carboxylic acids is 1. The second-order valence-corrected chi connectivity index (χ2v) is 8.19. The van der Waals surface area contributed by atoms with E-state index in [0.29, 0.717) is 0 Å². The Morgan fingerprint density at radius 1 is 1.32 bits per heavy atom. The van der Waals surface area contributed by atoms with Crippen molar-refractivity contribution in [3.05, 3.63) is 28.4 Å². The standard InChI is InChI=1S/C13H14I3NO2/c14-8-4-9(12(16)10(15)5-8)13(19)17-11-3-1-2-7(11)6-18/h4-5,7,11,18H,1-3,6H2,(H,17,19). The molecule has 0 saturated heterocycles. The fourth-order valence-corrected chi connectivity index (χ4v) is 4.81. The third-order valence-electron chi connectivity index (χ3n) is 3.45. The predicted molar refractivity (Wildman–Crippen MR) is 100 cm³/mol. The predicted octanol–water partition coefficient (Wildman–Crippen LogP) is 3.39. The Hall–Kier alpha value is 0.840. The summed E-state index contributed by atoms with van der Waals surface area (Å²) in [4.78, 5) is 12.4. The van der Waals surface area contributed by atoms with Gasteiger partial charge in [-0.1, -0.05) is 6.42 Å². The van der Waals surface area contributed by atoms with Crippen LogP contribution in [0.15, 0.2) is 12.1 Å². The minimum absolute atomic E-state index is 0.0221. The van der Waals surface area contributed by atoms with Crippen LogP contribution >= 0.6 is 67.8 Å². The highest BCUT2D eigenvalue weighted by atomic mass is 127. The van der Waals surface area contributed by atoms with Crippen LogP contribution in [0.4, 0.5) is 0 Å². The molecule has 2 N–H and O–H groups in total. The lowest BCUT2D eigenvalue weighted by molar-refractivity contribution is 0.0915. The molecule has 1 aliphatic carbocycles. The van der Waals surface area contributed by atoms with Crippen LogP contribution in [0, 0.1) is 16.6 Å². The molecule has 104 valence electrons. The molecule has 1 aromatic rings. The first-order valence-electron chi connectivity index (χ1n) is 6.09. The number of hydrogen-bond donors (Lipinski definition) is 2. The molecule has 1 saturated carbocycles. The molecule has 6 heteroatoms. The van der Waals surface area contributed by atoms with Gasteiger partial charge in [-0.15, -0.1) is 0 Å². The van der Waals surface area contributed by atoms with Gasteiger partial charge in [0.25, 0.3) is 5.91 Å². The van der Waals surface area contributed by atoms with E-state index in [1.165, 1.54) is 0 Å². The second-order valence-electron chi connectivity index (χ2n) is 4.70. The van der Waals surface area contributed by atoms with Gasteiger partial charge in [0.1, 0.15) is 0 Å². The van der Waals surface area contributed by atoms with Gasteiger partial charge in [-0.3, -0.25) is 4.79 Å². The normalized spacial score (nSPS) is 22.5. The molecule has 0 bridgehead atoms. The Morgan fingerprint density at radius 3 is 2.74 bits per heavy atom. The molecule has 0 aromatic heterocycles. The van der Waals surface area contributed by atoms with Gasteiger partial charge in [-0.25, -0.2) is 0 Å². The summed E-state index contributed by atoms with van der Waals surface area (Å²) in [6.45, 7) is 0.159. The minimum atomic E-state index is -0.0221. The van der Waals surface area contributed by atoms with Gasteiger partial charge in [0.15, 0.2) is 0 Å². The lowest BCUT2D eigenvalue weighted by atomic mass is 10.0. The number of aliphatic hydroxyl groups is 1. The fraction of sp³-hybridized carbons (Fsp3) is 0.462. The molecule has 2 atom stereocenters. The molecule has 1 aliphatic rings. The summed E-state index contributed by atoms with van der Waals surface area (Å²) >= 11 is 6.70. The highest BCUT2D eigenvalue weighted by molar-refractivity contribution is 14.1. The summed E-state index contributed by atoms with van der Waals surface area (Å²) < 4.78 is 3.16. The molecule has 3 nitrogen and oxygen atoms in total. The van der Waals surface area contributed by atoms with E-state index < -0.39 is 0 Å². The summed E-state index contributed by atoms with van der Waals surface area (Å²) in [7, 11) is 0. The van der Waals surface area contributed by atoms with E-state index >= 15 is 0 Å². The Kier molecular flexibility index (Phi) is 6.15. The zero-order valence-corrected chi connectivity index (χ0v) is 16.6. The van der Waals surface area contributed by atoms with Crippen molar-refractivity contribution in [1.82, 2.24) is 5.32 Å². The van der Waals surface area contributed by atoms with Crippen LogP contribution in [0.5, 0.6) is 0 Å². The fourth-order valence-electron chi connectivity index (χ4n) is 2.41. The SMILES string of the molecule is O=C(NC1CCCC1CO)c1cc(I)cc(I)c1I. The van der Waals surface area contributed by atoms with E-state index in [2.05, 4.69) is 79.2 Å². The maximum Gasteiger partial charge on any atom is 0.252 e. The average molecular weight is 597 g/mol. The zero-order valence-electron chi connectivity index (χ0n) is 10.1. The van der Waals surface area contributed by atoms with Crippen LogP contribution in [0.2, 0.25) is 0 Å². The molecule has 0 radical (unpaired) electrons. The van der Waals surface area contributed by atoms with Crippen molar-refractivity contribution >= 4 is 73.7 Å². The maximum absolute atomic E-state index is 12.4. The number of halogens is 3. The zero-order chi connectivity index (χ0) is 14.0. The van der Waals surface area contributed by atoms with Gasteiger partial charge in [0.05, 0.1) is 5.56 Å². The first-order valence-corrected chi connectivity index (χ1v) is 9.32. The molecule has 0 aliphatic heterocycles. The van der Waals surface area contributed by atoms with Crippen molar-refractivity contribution in [2.75, 3.05) is 6.61 Å². The van der Waals surface area contributed by atoms with E-state index in [9.17, 15) is 9.90 Å². The molecule has 1 aromatic carbocycles. The van der Waals surface area contributed by atoms with E-state index in [0.717, 1.165) is 35.5 Å². The largest absolute Gasteiger partial charge is 0.396 e. The summed E-state index contributed by atoms with van der Waals surface area (Å²) in [5, 5.41) is 12.4. The van der Waals surface area contributed by atoms with Crippen molar-refractivity contribution in [2.45, 2.75) is 25.3 Å². The number of rotatable bonds is 3. The average Bonchev–Trinajstić information content (AvgIpc) is 2.80. The molecular formula is C13H14I3NO2. The third-order valence-corrected chi connectivity index (χ3v) is 7.12. The van der Waals surface area contributed by atoms with Crippen molar-refractivity contribution in [3.8, 4) is 0 Å². The Morgan fingerprint density at radius 2 is 2.05 bits per heavy atom. The molecule has 1 amide bonds. The topological polar surface area (TPSA) is 49.3 Å². The number of benzene rings is 1. The number of aliphatic hydroxyl groups excluding tert-OH is 1. The Bertz CT molecular complexity index is 493. The van der Waals surface area contributed by atoms with Gasteiger partial charge in [-0.2, -0.15) is 0 Å². The minimum Gasteiger partial charge on any atom is -0.396 e. The van der Waals surface area contributed by atoms with E-state index in [-0.39, 0.29) is 24.5 Å². The third kappa shape index (κ3) is 3.94. The van der Waals surface area contributed by atoms with E-state index in [4.69, 9.17) is 0 Å². The first kappa shape index (κ1) is 16.2. The van der Waals surface area contributed by atoms with Crippen molar-refractivity contribution < 1.29 is 9.90 Å². The van der Waals surface area contributed by atoms with Crippen LogP contribution < -0.4 is 5.32 Å². The molecule has 2 unspecified atom stereocenters. The number of nitrogens with one attached hydrogen (secondary N) is 1. The smallest absolute Gasteiger partial charge is 0.252 e. The molecule has 0 heterocycles. The van der Waals surface area contributed by atoms with Crippen molar-refractivity contribution in [3.63, 3.8) is 0 Å². The highest BCUT2D eigenvalue weighted by Gasteiger charge is 2.28. The summed E-state index contributed by atoms with van der Waals surface area (Å²) in [6.07, 6.45) is 3.05. The van der Waals surface area contributed by atoms with Crippen molar-refractivity contribution in [2.24, 2.45) is 5.92 Å². The Labute approximate surface area is 153 Å². The van der Waals surface area contributed by atoms with Gasteiger partial charge in [0, 0.05) is 29.3 Å². The lowest BCUT2D eigenvalue weighted by Crippen LogP contribution is -2.39. The van der Waals surface area contributed by atoms with Crippen LogP contribution in [0.1, 0.15) is 29.6 Å². The quantitative estimate of drug-likeness (QED) is 0.415. The first-order chi connectivity index (χ1) is 9.02. The second kappa shape index (κ2) is 7.21. The van der Waals surface area contributed by atoms with Gasteiger partial charge < -0.3 is 10.4 Å². The van der Waals surface area contributed by atoms with Crippen LogP contribution in [0.25, 0.3) is 0 Å². The highest BCUT2D eigenvalue weighted by Crippen LogP contribution is 2.27. The van der Waals surface area contributed by atoms with Crippen LogP contribution in [0.3, 0.4) is 0 Å².